The van der Waals surface area contributed by atoms with Crippen LogP contribution in [0.25, 0.3) is 21.7 Å². The predicted molar refractivity (Wildman–Crippen MR) is 134 cm³/mol. The van der Waals surface area contributed by atoms with Gasteiger partial charge in [0.25, 0.3) is 5.91 Å². The normalized spacial score (nSPS) is 13.9. The molecule has 0 aliphatic carbocycles. The third-order valence-electron chi connectivity index (χ3n) is 5.69. The van der Waals surface area contributed by atoms with Crippen molar-refractivity contribution in [2.24, 2.45) is 0 Å². The molecule has 0 spiro atoms. The van der Waals surface area contributed by atoms with Crippen molar-refractivity contribution in [3.05, 3.63) is 64.5 Å². The highest BCUT2D eigenvalue weighted by molar-refractivity contribution is 7.19. The summed E-state index contributed by atoms with van der Waals surface area (Å²) in [5.41, 5.74) is 3.50. The molecule has 1 aliphatic rings. The maximum absolute atomic E-state index is 12.3. The zero-order chi connectivity index (χ0) is 23.5. The van der Waals surface area contributed by atoms with E-state index in [1.165, 1.54) is 11.3 Å². The number of thiophene rings is 1. The molecule has 0 radical (unpaired) electrons. The number of piperidine rings is 1. The zero-order valence-electron chi connectivity index (χ0n) is 18.3. The summed E-state index contributed by atoms with van der Waals surface area (Å²) >= 11 is 7.48. The Labute approximate surface area is 205 Å². The van der Waals surface area contributed by atoms with Gasteiger partial charge in [-0.25, -0.2) is 4.98 Å². The van der Waals surface area contributed by atoms with E-state index in [4.69, 9.17) is 16.3 Å². The summed E-state index contributed by atoms with van der Waals surface area (Å²) in [5, 5.41) is 2.87. The Kier molecular flexibility index (Phi) is 6.51. The Balaban J connectivity index is 1.13. The van der Waals surface area contributed by atoms with Crippen molar-refractivity contribution in [2.75, 3.05) is 18.1 Å². The molecule has 2 N–H and O–H groups in total. The summed E-state index contributed by atoms with van der Waals surface area (Å²) in [7, 11) is 0. The Hall–Kier alpha value is -3.36. The number of aromatic amines is 1. The maximum atomic E-state index is 12.3. The molecule has 1 fully saturated rings. The number of carbonyl (C=O) groups excluding carboxylic acids is 2. The number of hydrogen-bond acceptors (Lipinski definition) is 5. The van der Waals surface area contributed by atoms with E-state index in [9.17, 15) is 9.59 Å². The fraction of sp³-hybridized carbons (Fsp3) is 0.240. The minimum atomic E-state index is -0.214. The standard InChI is InChI=1S/C25H23ClN4O3S/c26-22-11-10-21(34-22)25-28-19-9-8-18(13-20(19)29-25)33-15-23(31)27-14-16-4-6-17(7-5-16)30-12-2-1-3-24(30)32/h4-11,13H,1-3,12,14-15H2,(H,27,31)(H,28,29). The number of nitrogens with one attached hydrogen (secondary N) is 2. The Morgan fingerprint density at radius 1 is 1.15 bits per heavy atom. The van der Waals surface area contributed by atoms with E-state index < -0.39 is 0 Å². The van der Waals surface area contributed by atoms with Gasteiger partial charge in [0.05, 0.1) is 20.2 Å². The topological polar surface area (TPSA) is 87.3 Å². The van der Waals surface area contributed by atoms with Crippen LogP contribution < -0.4 is 15.0 Å². The van der Waals surface area contributed by atoms with Gasteiger partial charge in [0.15, 0.2) is 6.61 Å². The number of halogens is 1. The average molecular weight is 495 g/mol. The molecule has 2 aromatic carbocycles. The number of hydrogen-bond donors (Lipinski definition) is 2. The van der Waals surface area contributed by atoms with Crippen molar-refractivity contribution in [2.45, 2.75) is 25.8 Å². The van der Waals surface area contributed by atoms with Crippen molar-refractivity contribution in [3.8, 4) is 16.5 Å². The highest BCUT2D eigenvalue weighted by atomic mass is 35.5. The van der Waals surface area contributed by atoms with E-state index in [2.05, 4.69) is 15.3 Å². The summed E-state index contributed by atoms with van der Waals surface area (Å²) in [6.07, 6.45) is 2.60. The molecule has 3 heterocycles. The Morgan fingerprint density at radius 3 is 2.76 bits per heavy atom. The molecule has 1 saturated heterocycles. The summed E-state index contributed by atoms with van der Waals surface area (Å²) in [6, 6.07) is 17.0. The van der Waals surface area contributed by atoms with Crippen molar-refractivity contribution in [3.63, 3.8) is 0 Å². The van der Waals surface area contributed by atoms with E-state index in [0.29, 0.717) is 23.1 Å². The molecule has 0 atom stereocenters. The quantitative estimate of drug-likeness (QED) is 0.371. The van der Waals surface area contributed by atoms with Gasteiger partial charge in [0, 0.05) is 31.3 Å². The first kappa shape index (κ1) is 22.4. The van der Waals surface area contributed by atoms with Crippen LogP contribution in [0.15, 0.2) is 54.6 Å². The lowest BCUT2D eigenvalue weighted by molar-refractivity contribution is -0.123. The SMILES string of the molecule is O=C(COc1ccc2nc(-c3ccc(Cl)s3)[nH]c2c1)NCc1ccc(N2CCCCC2=O)cc1. The largest absolute Gasteiger partial charge is 0.484 e. The molecular formula is C25H23ClN4O3S. The molecule has 2 aromatic heterocycles. The lowest BCUT2D eigenvalue weighted by Crippen LogP contribution is -2.35. The van der Waals surface area contributed by atoms with Crippen LogP contribution in [0.5, 0.6) is 5.75 Å². The first-order valence-electron chi connectivity index (χ1n) is 11.1. The van der Waals surface area contributed by atoms with Gasteiger partial charge < -0.3 is 19.9 Å². The van der Waals surface area contributed by atoms with E-state index in [1.54, 1.807) is 6.07 Å². The molecule has 5 rings (SSSR count). The summed E-state index contributed by atoms with van der Waals surface area (Å²) in [5.74, 6) is 1.29. The molecule has 0 unspecified atom stereocenters. The van der Waals surface area contributed by atoms with Gasteiger partial charge in [-0.1, -0.05) is 23.7 Å². The number of rotatable bonds is 7. The minimum absolute atomic E-state index is 0.0899. The van der Waals surface area contributed by atoms with E-state index >= 15 is 0 Å². The van der Waals surface area contributed by atoms with E-state index in [0.717, 1.165) is 52.4 Å². The molecule has 2 amide bonds. The van der Waals surface area contributed by atoms with Gasteiger partial charge >= 0.3 is 0 Å². The van der Waals surface area contributed by atoms with Gasteiger partial charge in [-0.05, 0) is 54.8 Å². The second kappa shape index (κ2) is 9.87. The van der Waals surface area contributed by atoms with E-state index in [1.807, 2.05) is 53.4 Å². The number of imidazole rings is 1. The van der Waals surface area contributed by atoms with Crippen LogP contribution in [-0.2, 0) is 16.1 Å². The maximum Gasteiger partial charge on any atom is 0.258 e. The number of H-pyrrole nitrogens is 1. The lowest BCUT2D eigenvalue weighted by atomic mass is 10.1. The van der Waals surface area contributed by atoms with Crippen molar-refractivity contribution >= 4 is 51.5 Å². The van der Waals surface area contributed by atoms with E-state index in [-0.39, 0.29) is 18.4 Å². The smallest absolute Gasteiger partial charge is 0.258 e. The number of fused-ring (bicyclic) bond motifs is 1. The second-order valence-electron chi connectivity index (χ2n) is 8.10. The molecule has 1 aliphatic heterocycles. The number of benzene rings is 2. The number of anilines is 1. The third-order valence-corrected chi connectivity index (χ3v) is 6.93. The molecule has 7 nitrogen and oxygen atoms in total. The number of aromatic nitrogens is 2. The molecule has 0 bridgehead atoms. The first-order chi connectivity index (χ1) is 16.5. The van der Waals surface area contributed by atoms with Crippen LogP contribution in [0.2, 0.25) is 4.34 Å². The molecule has 0 saturated carbocycles. The fourth-order valence-electron chi connectivity index (χ4n) is 3.91. The number of carbonyl (C=O) groups is 2. The molecular weight excluding hydrogens is 472 g/mol. The van der Waals surface area contributed by atoms with Crippen LogP contribution in [0.1, 0.15) is 24.8 Å². The van der Waals surface area contributed by atoms with Crippen molar-refractivity contribution in [1.82, 2.24) is 15.3 Å². The van der Waals surface area contributed by atoms with Crippen molar-refractivity contribution < 1.29 is 14.3 Å². The highest BCUT2D eigenvalue weighted by Gasteiger charge is 2.19. The van der Waals surface area contributed by atoms with Crippen LogP contribution in [0.4, 0.5) is 5.69 Å². The van der Waals surface area contributed by atoms with Gasteiger partial charge in [0.1, 0.15) is 11.6 Å². The monoisotopic (exact) mass is 494 g/mol. The lowest BCUT2D eigenvalue weighted by Gasteiger charge is -2.26. The molecule has 4 aromatic rings. The molecule has 34 heavy (non-hydrogen) atoms. The zero-order valence-corrected chi connectivity index (χ0v) is 19.9. The Bertz CT molecular complexity index is 1330. The van der Waals surface area contributed by atoms with Crippen molar-refractivity contribution in [1.29, 1.82) is 0 Å². The molecule has 174 valence electrons. The van der Waals surface area contributed by atoms with Gasteiger partial charge in [-0.2, -0.15) is 0 Å². The van der Waals surface area contributed by atoms with Crippen LogP contribution >= 0.6 is 22.9 Å². The predicted octanol–water partition coefficient (Wildman–Crippen LogP) is 5.16. The average Bonchev–Trinajstić information content (AvgIpc) is 3.48. The minimum Gasteiger partial charge on any atom is -0.484 e. The van der Waals surface area contributed by atoms with Crippen LogP contribution in [0, 0.1) is 0 Å². The number of nitrogens with zero attached hydrogens (tertiary/aromatic N) is 2. The summed E-state index contributed by atoms with van der Waals surface area (Å²) in [4.78, 5) is 35.0. The fourth-order valence-corrected chi connectivity index (χ4v) is 4.90. The second-order valence-corrected chi connectivity index (χ2v) is 9.82. The van der Waals surface area contributed by atoms with Gasteiger partial charge in [0.2, 0.25) is 5.91 Å². The summed E-state index contributed by atoms with van der Waals surface area (Å²) in [6.45, 7) is 1.07. The van der Waals surface area contributed by atoms with Gasteiger partial charge in [-0.3, -0.25) is 9.59 Å². The van der Waals surface area contributed by atoms with Crippen LogP contribution in [0.3, 0.4) is 0 Å². The number of ether oxygens (including phenoxy) is 1. The third kappa shape index (κ3) is 5.08. The molecule has 9 heteroatoms. The first-order valence-corrected chi connectivity index (χ1v) is 12.3. The Morgan fingerprint density at radius 2 is 2.00 bits per heavy atom. The highest BCUT2D eigenvalue weighted by Crippen LogP contribution is 2.31. The van der Waals surface area contributed by atoms with Gasteiger partial charge in [-0.15, -0.1) is 11.3 Å². The van der Waals surface area contributed by atoms with Crippen LogP contribution in [-0.4, -0.2) is 34.9 Å². The summed E-state index contributed by atoms with van der Waals surface area (Å²) < 4.78 is 6.38. The number of amides is 2.